The van der Waals surface area contributed by atoms with Gasteiger partial charge in [0, 0.05) is 19.6 Å². The maximum atomic E-state index is 5.66. The second-order valence-corrected chi connectivity index (χ2v) is 4.29. The molecule has 0 aliphatic rings. The number of nitrogens with two attached hydrogens (primary N) is 1. The quantitative estimate of drug-likeness (QED) is 0.830. The topological polar surface area (TPSA) is 55.9 Å². The van der Waals surface area contributed by atoms with E-state index in [-0.39, 0.29) is 0 Å². The van der Waals surface area contributed by atoms with E-state index in [4.69, 9.17) is 5.73 Å². The number of nitrogens with zero attached hydrogens (tertiary/aromatic N) is 2. The van der Waals surface area contributed by atoms with E-state index in [1.807, 2.05) is 0 Å². The lowest BCUT2D eigenvalue weighted by Crippen LogP contribution is -2.14. The fourth-order valence-electron chi connectivity index (χ4n) is 1.97. The molecule has 0 spiro atoms. The molecule has 0 unspecified atom stereocenters. The number of hydrogen-bond acceptors (Lipinski definition) is 3. The van der Waals surface area contributed by atoms with Crippen LogP contribution in [0, 0.1) is 6.92 Å². The number of aryl methyl sites for hydroxylation is 1. The van der Waals surface area contributed by atoms with Crippen molar-refractivity contribution in [3.8, 4) is 0 Å². The molecular weight excluding hydrogens is 212 g/mol. The molecule has 0 saturated heterocycles. The minimum Gasteiger partial charge on any atom is -0.356 e. The zero-order valence-corrected chi connectivity index (χ0v) is 10.5. The average Bonchev–Trinajstić information content (AvgIpc) is 2.64. The van der Waals surface area contributed by atoms with E-state index < -0.39 is 0 Å². The number of aromatic nitrogens is 2. The lowest BCUT2D eigenvalue weighted by atomic mass is 10.2. The largest absolute Gasteiger partial charge is 0.356 e. The Bertz CT molecular complexity index is 501. The van der Waals surface area contributed by atoms with Crippen LogP contribution in [-0.4, -0.2) is 22.6 Å². The van der Waals surface area contributed by atoms with Crippen LogP contribution in [0.3, 0.4) is 0 Å². The Hall–Kier alpha value is -1.55. The van der Waals surface area contributed by atoms with Gasteiger partial charge in [0.1, 0.15) is 0 Å². The molecule has 0 radical (unpaired) electrons. The first kappa shape index (κ1) is 11.9. The van der Waals surface area contributed by atoms with Crippen LogP contribution in [0.1, 0.15) is 18.9 Å². The van der Waals surface area contributed by atoms with Gasteiger partial charge in [0.15, 0.2) is 0 Å². The first-order chi connectivity index (χ1) is 8.26. The van der Waals surface area contributed by atoms with Crippen LogP contribution < -0.4 is 11.1 Å². The van der Waals surface area contributed by atoms with Crippen LogP contribution >= 0.6 is 0 Å². The molecule has 4 heteroatoms. The molecule has 2 rings (SSSR count). The van der Waals surface area contributed by atoms with E-state index >= 15 is 0 Å². The molecule has 0 amide bonds. The first-order valence-corrected chi connectivity index (χ1v) is 6.17. The Labute approximate surface area is 102 Å². The molecule has 0 bridgehead atoms. The van der Waals surface area contributed by atoms with Gasteiger partial charge in [-0.15, -0.1) is 0 Å². The number of benzene rings is 1. The van der Waals surface area contributed by atoms with Crippen molar-refractivity contribution in [3.05, 3.63) is 23.8 Å². The van der Waals surface area contributed by atoms with E-state index in [0.717, 1.165) is 36.5 Å². The molecule has 17 heavy (non-hydrogen) atoms. The van der Waals surface area contributed by atoms with Gasteiger partial charge in [-0.1, -0.05) is 13.0 Å². The Morgan fingerprint density at radius 2 is 2.24 bits per heavy atom. The molecule has 0 aliphatic heterocycles. The normalized spacial score (nSPS) is 11.0. The molecule has 0 saturated carbocycles. The van der Waals surface area contributed by atoms with Gasteiger partial charge in [0.2, 0.25) is 5.95 Å². The zero-order valence-electron chi connectivity index (χ0n) is 10.5. The number of rotatable bonds is 5. The molecule has 1 aromatic carbocycles. The van der Waals surface area contributed by atoms with E-state index in [1.54, 1.807) is 0 Å². The van der Waals surface area contributed by atoms with E-state index in [2.05, 4.69) is 46.9 Å². The number of anilines is 1. The summed E-state index contributed by atoms with van der Waals surface area (Å²) >= 11 is 0. The van der Waals surface area contributed by atoms with Crippen molar-refractivity contribution in [3.63, 3.8) is 0 Å². The minimum absolute atomic E-state index is 0.625. The van der Waals surface area contributed by atoms with Gasteiger partial charge >= 0.3 is 0 Å². The molecule has 0 aliphatic carbocycles. The maximum absolute atomic E-state index is 5.66. The molecule has 0 atom stereocenters. The average molecular weight is 232 g/mol. The maximum Gasteiger partial charge on any atom is 0.203 e. The van der Waals surface area contributed by atoms with Crippen LogP contribution in [0.4, 0.5) is 5.95 Å². The summed E-state index contributed by atoms with van der Waals surface area (Å²) in [6.07, 6.45) is 1.09. The second kappa shape index (κ2) is 5.19. The Morgan fingerprint density at radius 1 is 1.41 bits per heavy atom. The molecule has 92 valence electrons. The second-order valence-electron chi connectivity index (χ2n) is 4.29. The van der Waals surface area contributed by atoms with Crippen LogP contribution in [-0.2, 0) is 6.54 Å². The third kappa shape index (κ3) is 2.42. The molecule has 0 fully saturated rings. The fraction of sp³-hybridized carbons (Fsp3) is 0.462. The zero-order chi connectivity index (χ0) is 12.3. The molecule has 1 heterocycles. The molecule has 2 aromatic rings. The van der Waals surface area contributed by atoms with Gasteiger partial charge in [-0.05, 0) is 31.0 Å². The molecule has 4 nitrogen and oxygen atoms in total. The summed E-state index contributed by atoms with van der Waals surface area (Å²) < 4.78 is 2.16. The summed E-state index contributed by atoms with van der Waals surface area (Å²) in [5.41, 5.74) is 9.09. The van der Waals surface area contributed by atoms with Gasteiger partial charge in [-0.25, -0.2) is 4.98 Å². The summed E-state index contributed by atoms with van der Waals surface area (Å²) in [5.74, 6) is 0.929. The van der Waals surface area contributed by atoms with E-state index in [1.165, 1.54) is 5.56 Å². The highest BCUT2D eigenvalue weighted by atomic mass is 15.2. The smallest absolute Gasteiger partial charge is 0.203 e. The molecule has 1 aromatic heterocycles. The lowest BCUT2D eigenvalue weighted by molar-refractivity contribution is 0.729. The van der Waals surface area contributed by atoms with Crippen molar-refractivity contribution in [2.45, 2.75) is 26.8 Å². The first-order valence-electron chi connectivity index (χ1n) is 6.17. The summed E-state index contributed by atoms with van der Waals surface area (Å²) in [5, 5.41) is 3.35. The van der Waals surface area contributed by atoms with Gasteiger partial charge in [-0.3, -0.25) is 0 Å². The SMILES string of the molecule is CCCNc1nc2cc(C)ccc2n1CCN. The van der Waals surface area contributed by atoms with Crippen LogP contribution in [0.15, 0.2) is 18.2 Å². The Balaban J connectivity index is 2.45. The third-order valence-electron chi connectivity index (χ3n) is 2.79. The highest BCUT2D eigenvalue weighted by Crippen LogP contribution is 2.20. The monoisotopic (exact) mass is 232 g/mol. The summed E-state index contributed by atoms with van der Waals surface area (Å²) in [6.45, 7) is 6.59. The van der Waals surface area contributed by atoms with Crippen molar-refractivity contribution in [2.75, 3.05) is 18.4 Å². The molecule has 3 N–H and O–H groups in total. The van der Waals surface area contributed by atoms with Crippen molar-refractivity contribution in [1.29, 1.82) is 0 Å². The number of nitrogens with one attached hydrogen (secondary N) is 1. The van der Waals surface area contributed by atoms with Crippen molar-refractivity contribution in [1.82, 2.24) is 9.55 Å². The Morgan fingerprint density at radius 3 is 2.94 bits per heavy atom. The van der Waals surface area contributed by atoms with Crippen LogP contribution in [0.2, 0.25) is 0 Å². The van der Waals surface area contributed by atoms with Crippen LogP contribution in [0.25, 0.3) is 11.0 Å². The third-order valence-corrected chi connectivity index (χ3v) is 2.79. The predicted octanol–water partition coefficient (Wildman–Crippen LogP) is 2.13. The summed E-state index contributed by atoms with van der Waals surface area (Å²) in [7, 11) is 0. The standard InChI is InChI=1S/C13H20N4/c1-3-7-15-13-16-11-9-10(2)4-5-12(11)17(13)8-6-14/h4-5,9H,3,6-8,14H2,1-2H3,(H,15,16). The van der Waals surface area contributed by atoms with E-state index in [0.29, 0.717) is 6.54 Å². The van der Waals surface area contributed by atoms with Crippen molar-refractivity contribution < 1.29 is 0 Å². The van der Waals surface area contributed by atoms with Gasteiger partial charge in [-0.2, -0.15) is 0 Å². The Kier molecular flexibility index (Phi) is 3.64. The lowest BCUT2D eigenvalue weighted by Gasteiger charge is -2.08. The van der Waals surface area contributed by atoms with Gasteiger partial charge < -0.3 is 15.6 Å². The van der Waals surface area contributed by atoms with Gasteiger partial charge in [0.05, 0.1) is 11.0 Å². The number of imidazole rings is 1. The summed E-state index contributed by atoms with van der Waals surface area (Å²) in [4.78, 5) is 4.63. The number of fused-ring (bicyclic) bond motifs is 1. The van der Waals surface area contributed by atoms with E-state index in [9.17, 15) is 0 Å². The van der Waals surface area contributed by atoms with Crippen molar-refractivity contribution >= 4 is 17.0 Å². The highest BCUT2D eigenvalue weighted by molar-refractivity contribution is 5.79. The number of hydrogen-bond donors (Lipinski definition) is 2. The highest BCUT2D eigenvalue weighted by Gasteiger charge is 2.09. The minimum atomic E-state index is 0.625. The molecular formula is C13H20N4. The van der Waals surface area contributed by atoms with Gasteiger partial charge in [0.25, 0.3) is 0 Å². The predicted molar refractivity (Wildman–Crippen MR) is 72.3 cm³/mol. The van der Waals surface area contributed by atoms with Crippen molar-refractivity contribution in [2.24, 2.45) is 5.73 Å². The fourth-order valence-corrected chi connectivity index (χ4v) is 1.97. The van der Waals surface area contributed by atoms with Crippen LogP contribution in [0.5, 0.6) is 0 Å². The summed E-state index contributed by atoms with van der Waals surface area (Å²) in [6, 6.07) is 6.34.